The van der Waals surface area contributed by atoms with Crippen molar-refractivity contribution in [3.63, 3.8) is 0 Å². The molecule has 34 heavy (non-hydrogen) atoms. The fraction of sp³-hybridized carbons (Fsp3) is 0.222. The zero-order valence-corrected chi connectivity index (χ0v) is 19.7. The van der Waals surface area contributed by atoms with Crippen molar-refractivity contribution < 1.29 is 17.9 Å². The van der Waals surface area contributed by atoms with E-state index >= 15 is 0 Å². The average Bonchev–Trinajstić information content (AvgIpc) is 2.88. The Labute approximate surface area is 200 Å². The fourth-order valence-electron chi connectivity index (χ4n) is 3.78. The van der Waals surface area contributed by atoms with Crippen LogP contribution < -0.4 is 10.1 Å². The van der Waals surface area contributed by atoms with Gasteiger partial charge in [0.05, 0.1) is 12.0 Å². The highest BCUT2D eigenvalue weighted by Crippen LogP contribution is 2.23. The quantitative estimate of drug-likeness (QED) is 0.573. The molecule has 0 radical (unpaired) electrons. The molecular formula is C27H26N2O4S. The van der Waals surface area contributed by atoms with Crippen LogP contribution in [0.15, 0.2) is 83.8 Å². The molecule has 3 aromatic rings. The Morgan fingerprint density at radius 3 is 2.06 bits per heavy atom. The number of hydrogen-bond donors (Lipinski definition) is 1. The summed E-state index contributed by atoms with van der Waals surface area (Å²) in [5.74, 6) is 6.64. The maximum atomic E-state index is 12.9. The first-order valence-electron chi connectivity index (χ1n) is 11.1. The van der Waals surface area contributed by atoms with Gasteiger partial charge < -0.3 is 10.1 Å². The van der Waals surface area contributed by atoms with Crippen molar-refractivity contribution in [1.82, 2.24) is 9.62 Å². The third-order valence-electron chi connectivity index (χ3n) is 5.76. The minimum Gasteiger partial charge on any atom is -0.497 e. The van der Waals surface area contributed by atoms with Gasteiger partial charge in [0.2, 0.25) is 10.0 Å². The van der Waals surface area contributed by atoms with Crippen molar-refractivity contribution >= 4 is 15.9 Å². The lowest BCUT2D eigenvalue weighted by Gasteiger charge is -2.31. The molecule has 1 aliphatic heterocycles. The number of piperidine rings is 1. The van der Waals surface area contributed by atoms with Crippen LogP contribution in [-0.2, 0) is 10.0 Å². The minimum atomic E-state index is -3.57. The van der Waals surface area contributed by atoms with E-state index in [1.165, 1.54) is 11.4 Å². The first kappa shape index (κ1) is 23.6. The Morgan fingerprint density at radius 1 is 0.882 bits per heavy atom. The number of rotatable bonds is 5. The van der Waals surface area contributed by atoms with E-state index in [0.29, 0.717) is 37.2 Å². The number of methoxy groups -OCH3 is 1. The molecule has 1 amide bonds. The molecule has 174 valence electrons. The minimum absolute atomic E-state index is 0.0765. The molecule has 0 spiro atoms. The summed E-state index contributed by atoms with van der Waals surface area (Å²) in [5.41, 5.74) is 2.32. The van der Waals surface area contributed by atoms with E-state index in [4.69, 9.17) is 4.74 Å². The largest absolute Gasteiger partial charge is 0.497 e. The highest BCUT2D eigenvalue weighted by atomic mass is 32.2. The summed E-state index contributed by atoms with van der Waals surface area (Å²) in [6, 6.07) is 23.2. The van der Waals surface area contributed by atoms with Gasteiger partial charge in [0, 0.05) is 35.8 Å². The molecule has 0 atom stereocenters. The number of hydrogen-bond acceptors (Lipinski definition) is 4. The third-order valence-corrected chi connectivity index (χ3v) is 7.67. The standard InChI is InChI=1S/C27H26N2O4S/c1-33-25-13-15-26(16-14-25)34(31,32)29-19-17-24(18-20-29)28-27(30)23-11-9-22(10-12-23)8-7-21-5-3-2-4-6-21/h2-6,9-16,24H,17-20H2,1H3,(H,28,30). The Balaban J connectivity index is 1.31. The van der Waals surface area contributed by atoms with Crippen molar-refractivity contribution in [2.75, 3.05) is 20.2 Å². The molecule has 4 rings (SSSR count). The monoisotopic (exact) mass is 474 g/mol. The molecule has 7 heteroatoms. The van der Waals surface area contributed by atoms with Crippen LogP contribution in [0.1, 0.15) is 34.3 Å². The van der Waals surface area contributed by atoms with Crippen LogP contribution in [0.5, 0.6) is 5.75 Å². The summed E-state index contributed by atoms with van der Waals surface area (Å²) < 4.78 is 32.4. The van der Waals surface area contributed by atoms with Crippen LogP contribution in [0.4, 0.5) is 0 Å². The zero-order chi connectivity index (χ0) is 24.0. The predicted molar refractivity (Wildman–Crippen MR) is 131 cm³/mol. The summed E-state index contributed by atoms with van der Waals surface area (Å²) in [6.45, 7) is 0.709. The summed E-state index contributed by atoms with van der Waals surface area (Å²) in [6.07, 6.45) is 1.11. The van der Waals surface area contributed by atoms with E-state index in [-0.39, 0.29) is 16.8 Å². The van der Waals surface area contributed by atoms with Gasteiger partial charge in [-0.25, -0.2) is 8.42 Å². The summed E-state index contributed by atoms with van der Waals surface area (Å²) >= 11 is 0. The van der Waals surface area contributed by atoms with Crippen LogP contribution in [0.2, 0.25) is 0 Å². The summed E-state index contributed by atoms with van der Waals surface area (Å²) in [5, 5.41) is 3.03. The highest BCUT2D eigenvalue weighted by Gasteiger charge is 2.30. The number of ether oxygens (including phenoxy) is 1. The van der Waals surface area contributed by atoms with Crippen molar-refractivity contribution in [3.05, 3.63) is 95.6 Å². The highest BCUT2D eigenvalue weighted by molar-refractivity contribution is 7.89. The average molecular weight is 475 g/mol. The smallest absolute Gasteiger partial charge is 0.251 e. The second kappa shape index (κ2) is 10.6. The fourth-order valence-corrected chi connectivity index (χ4v) is 5.25. The predicted octanol–water partition coefficient (Wildman–Crippen LogP) is 3.68. The molecule has 0 saturated carbocycles. The molecule has 0 aromatic heterocycles. The van der Waals surface area contributed by atoms with E-state index in [0.717, 1.165) is 11.1 Å². The molecule has 0 aliphatic carbocycles. The molecule has 1 heterocycles. The third kappa shape index (κ3) is 5.66. The number of carbonyl (C=O) groups excluding carboxylic acids is 1. The van der Waals surface area contributed by atoms with Crippen LogP contribution in [0.25, 0.3) is 0 Å². The molecule has 0 unspecified atom stereocenters. The number of carbonyl (C=O) groups is 1. The van der Waals surface area contributed by atoms with Gasteiger partial charge in [0.1, 0.15) is 5.75 Å². The Hall–Kier alpha value is -3.60. The van der Waals surface area contributed by atoms with Crippen molar-refractivity contribution in [2.45, 2.75) is 23.8 Å². The number of nitrogens with one attached hydrogen (secondary N) is 1. The van der Waals surface area contributed by atoms with Crippen molar-refractivity contribution in [1.29, 1.82) is 0 Å². The lowest BCUT2D eigenvalue weighted by molar-refractivity contribution is 0.0924. The second-order valence-corrected chi connectivity index (χ2v) is 9.96. The zero-order valence-electron chi connectivity index (χ0n) is 18.9. The second-order valence-electron chi connectivity index (χ2n) is 8.02. The molecule has 1 aliphatic rings. The molecule has 1 saturated heterocycles. The summed E-state index contributed by atoms with van der Waals surface area (Å²) in [4.78, 5) is 12.9. The van der Waals surface area contributed by atoms with E-state index in [1.807, 2.05) is 42.5 Å². The molecule has 0 bridgehead atoms. The molecule has 1 N–H and O–H groups in total. The van der Waals surface area contributed by atoms with Gasteiger partial charge in [0.25, 0.3) is 5.91 Å². The van der Waals surface area contributed by atoms with Crippen LogP contribution in [0, 0.1) is 11.8 Å². The normalized spacial score (nSPS) is 14.6. The lowest BCUT2D eigenvalue weighted by atomic mass is 10.1. The van der Waals surface area contributed by atoms with Crippen LogP contribution in [0.3, 0.4) is 0 Å². The SMILES string of the molecule is COc1ccc(S(=O)(=O)N2CCC(NC(=O)c3ccc(C#Cc4ccccc4)cc3)CC2)cc1. The number of benzene rings is 3. The van der Waals surface area contributed by atoms with Crippen molar-refractivity contribution in [3.8, 4) is 17.6 Å². The topological polar surface area (TPSA) is 75.7 Å². The van der Waals surface area contributed by atoms with Crippen molar-refractivity contribution in [2.24, 2.45) is 0 Å². The Bertz CT molecular complexity index is 1280. The van der Waals surface area contributed by atoms with Crippen LogP contribution in [-0.4, -0.2) is 44.9 Å². The van der Waals surface area contributed by atoms with E-state index in [2.05, 4.69) is 17.2 Å². The van der Waals surface area contributed by atoms with Gasteiger partial charge >= 0.3 is 0 Å². The number of amides is 1. The van der Waals surface area contributed by atoms with E-state index in [9.17, 15) is 13.2 Å². The summed E-state index contributed by atoms with van der Waals surface area (Å²) in [7, 11) is -2.03. The molecule has 3 aromatic carbocycles. The van der Waals surface area contributed by atoms with Gasteiger partial charge in [-0.05, 0) is 73.5 Å². The van der Waals surface area contributed by atoms with Gasteiger partial charge in [-0.1, -0.05) is 30.0 Å². The van der Waals surface area contributed by atoms with E-state index < -0.39 is 10.0 Å². The van der Waals surface area contributed by atoms with Gasteiger partial charge in [-0.3, -0.25) is 4.79 Å². The first-order valence-corrected chi connectivity index (χ1v) is 12.5. The lowest BCUT2D eigenvalue weighted by Crippen LogP contribution is -2.46. The molecule has 6 nitrogen and oxygen atoms in total. The number of nitrogens with zero attached hydrogens (tertiary/aromatic N) is 1. The van der Waals surface area contributed by atoms with E-state index in [1.54, 1.807) is 36.4 Å². The van der Waals surface area contributed by atoms with Gasteiger partial charge in [-0.2, -0.15) is 4.31 Å². The maximum absolute atomic E-state index is 12.9. The van der Waals surface area contributed by atoms with Gasteiger partial charge in [-0.15, -0.1) is 0 Å². The Morgan fingerprint density at radius 2 is 1.47 bits per heavy atom. The first-order chi connectivity index (χ1) is 16.5. The molecular weight excluding hydrogens is 448 g/mol. The maximum Gasteiger partial charge on any atom is 0.251 e. The number of sulfonamides is 1. The van der Waals surface area contributed by atoms with Gasteiger partial charge in [0.15, 0.2) is 0 Å². The molecule has 1 fully saturated rings. The van der Waals surface area contributed by atoms with Crippen LogP contribution >= 0.6 is 0 Å². The Kier molecular flexibility index (Phi) is 7.31.